The van der Waals surface area contributed by atoms with Gasteiger partial charge in [-0.05, 0) is 19.8 Å². The van der Waals surface area contributed by atoms with Crippen LogP contribution in [0.15, 0.2) is 24.3 Å². The van der Waals surface area contributed by atoms with Gasteiger partial charge in [0.1, 0.15) is 0 Å². The zero-order valence-corrected chi connectivity index (χ0v) is 11.3. The van der Waals surface area contributed by atoms with Crippen molar-refractivity contribution in [3.05, 3.63) is 30.0 Å². The maximum absolute atomic E-state index is 5.98. The Bertz CT molecular complexity index is 588. The first-order chi connectivity index (χ1) is 9.24. The summed E-state index contributed by atoms with van der Waals surface area (Å²) in [5, 5.41) is 14.5. The Morgan fingerprint density at radius 2 is 1.84 bits per heavy atom. The van der Waals surface area contributed by atoms with E-state index < -0.39 is 0 Å². The number of nitrogens with one attached hydrogen (secondary N) is 1. The highest BCUT2D eigenvalue weighted by molar-refractivity contribution is 5.93. The van der Waals surface area contributed by atoms with Crippen LogP contribution in [0.5, 0.6) is 0 Å². The van der Waals surface area contributed by atoms with E-state index in [4.69, 9.17) is 5.73 Å². The van der Waals surface area contributed by atoms with Gasteiger partial charge in [-0.15, -0.1) is 5.10 Å². The first-order valence-corrected chi connectivity index (χ1v) is 6.94. The number of hydrogen-bond donors (Lipinski definition) is 2. The van der Waals surface area contributed by atoms with Gasteiger partial charge in [-0.3, -0.25) is 0 Å². The molecule has 4 heteroatoms. The van der Waals surface area contributed by atoms with Crippen LogP contribution in [0.2, 0.25) is 0 Å². The smallest absolute Gasteiger partial charge is 0.157 e. The number of aromatic nitrogens is 2. The number of nitrogens with two attached hydrogens (primary N) is 1. The van der Waals surface area contributed by atoms with Crippen LogP contribution in [-0.2, 0) is 0 Å². The summed E-state index contributed by atoms with van der Waals surface area (Å²) in [6.07, 6.45) is 4.71. The monoisotopic (exact) mass is 256 g/mol. The lowest BCUT2D eigenvalue weighted by Gasteiger charge is -2.29. The second-order valence-corrected chi connectivity index (χ2v) is 5.50. The first-order valence-electron chi connectivity index (χ1n) is 6.94. The fraction of sp³-hybridized carbons (Fsp3) is 0.467. The molecule has 1 saturated carbocycles. The van der Waals surface area contributed by atoms with E-state index in [-0.39, 0.29) is 5.54 Å². The SMILES string of the molecule is Cc1nnc(NC2(CN)CCCC2)c2ccccc12. The second-order valence-electron chi connectivity index (χ2n) is 5.50. The Hall–Kier alpha value is -1.68. The van der Waals surface area contributed by atoms with Gasteiger partial charge in [-0.2, -0.15) is 5.10 Å². The molecule has 0 bridgehead atoms. The fourth-order valence-electron chi connectivity index (χ4n) is 3.01. The van der Waals surface area contributed by atoms with Crippen LogP contribution in [0.1, 0.15) is 31.4 Å². The molecular weight excluding hydrogens is 236 g/mol. The molecule has 0 radical (unpaired) electrons. The van der Waals surface area contributed by atoms with Crippen LogP contribution in [0.3, 0.4) is 0 Å². The van der Waals surface area contributed by atoms with E-state index in [2.05, 4.69) is 27.6 Å². The summed E-state index contributed by atoms with van der Waals surface area (Å²) in [4.78, 5) is 0. The summed E-state index contributed by atoms with van der Waals surface area (Å²) in [6.45, 7) is 2.64. The van der Waals surface area contributed by atoms with Gasteiger partial charge in [0, 0.05) is 17.3 Å². The van der Waals surface area contributed by atoms with Crippen molar-refractivity contribution < 1.29 is 0 Å². The first kappa shape index (κ1) is 12.4. The second kappa shape index (κ2) is 4.78. The van der Waals surface area contributed by atoms with Gasteiger partial charge in [0.2, 0.25) is 0 Å². The predicted molar refractivity (Wildman–Crippen MR) is 78.2 cm³/mol. The number of fused-ring (bicyclic) bond motifs is 1. The van der Waals surface area contributed by atoms with Crippen molar-refractivity contribution in [2.24, 2.45) is 5.73 Å². The van der Waals surface area contributed by atoms with E-state index in [0.29, 0.717) is 6.54 Å². The van der Waals surface area contributed by atoms with Crippen LogP contribution in [0.25, 0.3) is 10.8 Å². The third-order valence-corrected chi connectivity index (χ3v) is 4.21. The van der Waals surface area contributed by atoms with E-state index in [1.54, 1.807) is 0 Å². The van der Waals surface area contributed by atoms with Gasteiger partial charge >= 0.3 is 0 Å². The molecule has 1 aliphatic rings. The van der Waals surface area contributed by atoms with E-state index in [1.807, 2.05) is 19.1 Å². The summed E-state index contributed by atoms with van der Waals surface area (Å²) < 4.78 is 0. The lowest BCUT2D eigenvalue weighted by molar-refractivity contribution is 0.491. The highest BCUT2D eigenvalue weighted by atomic mass is 15.2. The molecule has 19 heavy (non-hydrogen) atoms. The van der Waals surface area contributed by atoms with Crippen LogP contribution in [0.4, 0.5) is 5.82 Å². The van der Waals surface area contributed by atoms with Crippen LogP contribution < -0.4 is 11.1 Å². The normalized spacial score (nSPS) is 17.8. The van der Waals surface area contributed by atoms with Crippen LogP contribution in [0, 0.1) is 6.92 Å². The van der Waals surface area contributed by atoms with E-state index in [9.17, 15) is 0 Å². The molecule has 2 aromatic rings. The Balaban J connectivity index is 2.03. The number of nitrogens with zero attached hydrogens (tertiary/aromatic N) is 2. The molecule has 1 aromatic carbocycles. The standard InChI is InChI=1S/C15H20N4/c1-11-12-6-2-3-7-13(12)14(19-18-11)17-15(10-16)8-4-5-9-15/h2-3,6-7H,4-5,8-10,16H2,1H3,(H,17,19). The van der Waals surface area contributed by atoms with E-state index in [1.165, 1.54) is 12.8 Å². The van der Waals surface area contributed by atoms with Crippen LogP contribution in [-0.4, -0.2) is 22.3 Å². The van der Waals surface area contributed by atoms with Crippen molar-refractivity contribution in [1.82, 2.24) is 10.2 Å². The number of hydrogen-bond acceptors (Lipinski definition) is 4. The molecule has 0 saturated heterocycles. The van der Waals surface area contributed by atoms with Gasteiger partial charge < -0.3 is 11.1 Å². The number of benzene rings is 1. The minimum absolute atomic E-state index is 0.00666. The Labute approximate surface area is 113 Å². The van der Waals surface area contributed by atoms with Gasteiger partial charge in [-0.25, -0.2) is 0 Å². The highest BCUT2D eigenvalue weighted by Gasteiger charge is 2.33. The van der Waals surface area contributed by atoms with Crippen molar-refractivity contribution >= 4 is 16.6 Å². The predicted octanol–water partition coefficient (Wildman–Crippen LogP) is 2.62. The maximum atomic E-state index is 5.98. The molecule has 4 nitrogen and oxygen atoms in total. The summed E-state index contributed by atoms with van der Waals surface area (Å²) in [5.74, 6) is 0.869. The molecule has 1 aromatic heterocycles. The maximum Gasteiger partial charge on any atom is 0.157 e. The Morgan fingerprint density at radius 3 is 2.53 bits per heavy atom. The van der Waals surface area contributed by atoms with E-state index >= 15 is 0 Å². The van der Waals surface area contributed by atoms with Crippen molar-refractivity contribution in [2.75, 3.05) is 11.9 Å². The van der Waals surface area contributed by atoms with Gasteiger partial charge in [0.15, 0.2) is 5.82 Å². The molecule has 0 aliphatic heterocycles. The third-order valence-electron chi connectivity index (χ3n) is 4.21. The molecule has 0 atom stereocenters. The molecule has 1 heterocycles. The molecule has 1 fully saturated rings. The minimum atomic E-state index is 0.00666. The van der Waals surface area contributed by atoms with E-state index in [0.717, 1.165) is 35.1 Å². The van der Waals surface area contributed by atoms with Gasteiger partial charge in [0.25, 0.3) is 0 Å². The van der Waals surface area contributed by atoms with Gasteiger partial charge in [0.05, 0.1) is 11.2 Å². The zero-order chi connectivity index (χ0) is 13.3. The molecule has 3 rings (SSSR count). The van der Waals surface area contributed by atoms with Gasteiger partial charge in [-0.1, -0.05) is 37.1 Å². The fourth-order valence-corrected chi connectivity index (χ4v) is 3.01. The summed E-state index contributed by atoms with van der Waals surface area (Å²) in [6, 6.07) is 8.26. The Kier molecular flexibility index (Phi) is 3.11. The Morgan fingerprint density at radius 1 is 1.16 bits per heavy atom. The molecule has 3 N–H and O–H groups in total. The molecule has 0 amide bonds. The summed E-state index contributed by atoms with van der Waals surface area (Å²) in [5.41, 5.74) is 6.95. The van der Waals surface area contributed by atoms with Crippen LogP contribution >= 0.6 is 0 Å². The quantitative estimate of drug-likeness (QED) is 0.886. The molecule has 0 spiro atoms. The summed E-state index contributed by atoms with van der Waals surface area (Å²) in [7, 11) is 0. The topological polar surface area (TPSA) is 63.8 Å². The lowest BCUT2D eigenvalue weighted by atomic mass is 9.97. The largest absolute Gasteiger partial charge is 0.361 e. The minimum Gasteiger partial charge on any atom is -0.361 e. The zero-order valence-electron chi connectivity index (χ0n) is 11.3. The molecular formula is C15H20N4. The number of rotatable bonds is 3. The molecule has 100 valence electrons. The number of anilines is 1. The van der Waals surface area contributed by atoms with Crippen molar-refractivity contribution in [1.29, 1.82) is 0 Å². The van der Waals surface area contributed by atoms with Crippen molar-refractivity contribution in [3.63, 3.8) is 0 Å². The van der Waals surface area contributed by atoms with Crippen molar-refractivity contribution in [3.8, 4) is 0 Å². The molecule has 0 unspecified atom stereocenters. The highest BCUT2D eigenvalue weighted by Crippen LogP contribution is 2.33. The molecule has 1 aliphatic carbocycles. The average molecular weight is 256 g/mol. The third kappa shape index (κ3) is 2.16. The average Bonchev–Trinajstić information content (AvgIpc) is 2.92. The lowest BCUT2D eigenvalue weighted by Crippen LogP contribution is -2.43. The number of aryl methyl sites for hydroxylation is 1. The summed E-state index contributed by atoms with van der Waals surface area (Å²) >= 11 is 0. The van der Waals surface area contributed by atoms with Crippen molar-refractivity contribution in [2.45, 2.75) is 38.1 Å².